The zero-order valence-corrected chi connectivity index (χ0v) is 13.7. The molecule has 1 aliphatic rings. The Morgan fingerprint density at radius 3 is 2.89 bits per heavy atom. The van der Waals surface area contributed by atoms with Crippen LogP contribution >= 0.6 is 28.3 Å². The summed E-state index contributed by atoms with van der Waals surface area (Å²) in [5.74, 6) is 0.714. The van der Waals surface area contributed by atoms with Crippen molar-refractivity contribution in [1.29, 1.82) is 0 Å². The molecule has 2 N–H and O–H groups in total. The molecule has 2 heterocycles. The first-order valence-electron chi connectivity index (χ1n) is 6.68. The van der Waals surface area contributed by atoms with Crippen molar-refractivity contribution < 1.29 is 0 Å². The Balaban J connectivity index is 0.00000133. The molecule has 0 saturated heterocycles. The average molecular weight is 344 g/mol. The summed E-state index contributed by atoms with van der Waals surface area (Å²) in [6, 6.07) is 7.00. The fourth-order valence-corrected chi connectivity index (χ4v) is 3.31. The number of H-pyrrole nitrogens is 1. The quantitative estimate of drug-likeness (QED) is 0.820. The van der Waals surface area contributed by atoms with Gasteiger partial charge in [0, 0.05) is 27.1 Å². The number of halogens is 2. The number of hydrogen-bond donors (Lipinski definition) is 2. The summed E-state index contributed by atoms with van der Waals surface area (Å²) in [5, 5.41) is 5.02. The molecular weight excluding hydrogens is 324 g/mol. The van der Waals surface area contributed by atoms with Gasteiger partial charge in [0.25, 0.3) is 0 Å². The van der Waals surface area contributed by atoms with E-state index in [9.17, 15) is 0 Å². The molecule has 19 heavy (non-hydrogen) atoms. The van der Waals surface area contributed by atoms with Crippen molar-refractivity contribution in [2.45, 2.75) is 32.7 Å². The molecule has 3 rings (SSSR count). The molecule has 2 nitrogen and oxygen atoms in total. The van der Waals surface area contributed by atoms with Gasteiger partial charge in [-0.2, -0.15) is 0 Å². The van der Waals surface area contributed by atoms with Crippen LogP contribution in [0.3, 0.4) is 0 Å². The van der Waals surface area contributed by atoms with Gasteiger partial charge in [0.15, 0.2) is 0 Å². The number of aromatic amines is 1. The Bertz CT molecular complexity index is 577. The number of nitrogens with one attached hydrogen (secondary N) is 2. The maximum absolute atomic E-state index is 3.64. The van der Waals surface area contributed by atoms with Crippen molar-refractivity contribution in [1.82, 2.24) is 10.3 Å². The zero-order valence-electron chi connectivity index (χ0n) is 11.3. The number of rotatable bonds is 2. The minimum absolute atomic E-state index is 0. The van der Waals surface area contributed by atoms with Gasteiger partial charge in [-0.25, -0.2) is 0 Å². The van der Waals surface area contributed by atoms with E-state index in [1.165, 1.54) is 28.6 Å². The summed E-state index contributed by atoms with van der Waals surface area (Å²) in [6.45, 7) is 5.66. The monoisotopic (exact) mass is 342 g/mol. The molecule has 1 unspecified atom stereocenters. The maximum Gasteiger partial charge on any atom is 0.0478 e. The highest BCUT2D eigenvalue weighted by Gasteiger charge is 2.24. The molecule has 104 valence electrons. The van der Waals surface area contributed by atoms with Crippen molar-refractivity contribution in [3.8, 4) is 0 Å². The topological polar surface area (TPSA) is 27.8 Å². The van der Waals surface area contributed by atoms with E-state index in [2.05, 4.69) is 58.3 Å². The van der Waals surface area contributed by atoms with Crippen molar-refractivity contribution in [3.63, 3.8) is 0 Å². The molecule has 0 saturated carbocycles. The van der Waals surface area contributed by atoms with Gasteiger partial charge >= 0.3 is 0 Å². The van der Waals surface area contributed by atoms with Crippen molar-refractivity contribution in [2.24, 2.45) is 5.92 Å². The van der Waals surface area contributed by atoms with Gasteiger partial charge in [0.05, 0.1) is 0 Å². The highest BCUT2D eigenvalue weighted by Crippen LogP contribution is 2.34. The predicted molar refractivity (Wildman–Crippen MR) is 87.1 cm³/mol. The smallest absolute Gasteiger partial charge is 0.0478 e. The van der Waals surface area contributed by atoms with Gasteiger partial charge in [0.2, 0.25) is 0 Å². The second-order valence-electron chi connectivity index (χ2n) is 5.59. The van der Waals surface area contributed by atoms with Crippen LogP contribution in [0, 0.1) is 5.92 Å². The number of hydrogen-bond acceptors (Lipinski definition) is 1. The van der Waals surface area contributed by atoms with Crippen LogP contribution in [0.15, 0.2) is 22.7 Å². The molecule has 1 aromatic heterocycles. The molecule has 2 aromatic rings. The third kappa shape index (κ3) is 2.83. The number of benzene rings is 1. The lowest BCUT2D eigenvalue weighted by Crippen LogP contribution is -2.30. The molecule has 0 bridgehead atoms. The minimum atomic E-state index is 0. The van der Waals surface area contributed by atoms with E-state index in [1.807, 2.05) is 0 Å². The van der Waals surface area contributed by atoms with E-state index in [0.717, 1.165) is 17.4 Å². The standard InChI is InChI=1S/C15H19BrN2.ClH/c1-9(2)7-14-15-11(5-6-17-14)12-8-10(16)3-4-13(12)18-15;/h3-4,8-9,14,17-18H,5-7H2,1-2H3;1H. The van der Waals surface area contributed by atoms with Crippen molar-refractivity contribution in [2.75, 3.05) is 6.54 Å². The average Bonchev–Trinajstić information content (AvgIpc) is 2.68. The summed E-state index contributed by atoms with van der Waals surface area (Å²) < 4.78 is 1.16. The summed E-state index contributed by atoms with van der Waals surface area (Å²) in [6.07, 6.45) is 2.32. The van der Waals surface area contributed by atoms with Gasteiger partial charge < -0.3 is 10.3 Å². The van der Waals surface area contributed by atoms with E-state index >= 15 is 0 Å². The van der Waals surface area contributed by atoms with E-state index in [-0.39, 0.29) is 12.4 Å². The fourth-order valence-electron chi connectivity index (χ4n) is 2.95. The summed E-state index contributed by atoms with van der Waals surface area (Å²) >= 11 is 3.57. The molecule has 0 fully saturated rings. The Labute approximate surface area is 128 Å². The lowest BCUT2D eigenvalue weighted by Gasteiger charge is -2.25. The highest BCUT2D eigenvalue weighted by atomic mass is 79.9. The second kappa shape index (κ2) is 5.86. The van der Waals surface area contributed by atoms with E-state index in [1.54, 1.807) is 0 Å². The van der Waals surface area contributed by atoms with Crippen LogP contribution in [0.1, 0.15) is 37.6 Å². The maximum atomic E-state index is 3.64. The predicted octanol–water partition coefficient (Wildman–Crippen LogP) is 4.59. The first-order chi connectivity index (χ1) is 8.65. The van der Waals surface area contributed by atoms with Crippen LogP contribution in [0.2, 0.25) is 0 Å². The highest BCUT2D eigenvalue weighted by molar-refractivity contribution is 9.10. The Morgan fingerprint density at radius 2 is 2.16 bits per heavy atom. The molecule has 4 heteroatoms. The largest absolute Gasteiger partial charge is 0.357 e. The Kier molecular flexibility index (Phi) is 4.59. The van der Waals surface area contributed by atoms with E-state index in [0.29, 0.717) is 12.0 Å². The third-order valence-corrected chi connectivity index (χ3v) is 4.22. The second-order valence-corrected chi connectivity index (χ2v) is 6.51. The molecule has 0 aliphatic carbocycles. The summed E-state index contributed by atoms with van der Waals surface area (Å²) in [7, 11) is 0. The van der Waals surface area contributed by atoms with Gasteiger partial charge in [-0.15, -0.1) is 12.4 Å². The van der Waals surface area contributed by atoms with Crippen LogP contribution in [0.25, 0.3) is 10.9 Å². The van der Waals surface area contributed by atoms with Crippen molar-refractivity contribution in [3.05, 3.63) is 33.9 Å². The van der Waals surface area contributed by atoms with Crippen LogP contribution in [0.4, 0.5) is 0 Å². The Morgan fingerprint density at radius 1 is 1.37 bits per heavy atom. The third-order valence-electron chi connectivity index (χ3n) is 3.72. The summed E-state index contributed by atoms with van der Waals surface area (Å²) in [5.41, 5.74) is 4.18. The van der Waals surface area contributed by atoms with Crippen LogP contribution in [-0.4, -0.2) is 11.5 Å². The van der Waals surface area contributed by atoms with E-state index < -0.39 is 0 Å². The molecule has 0 amide bonds. The summed E-state index contributed by atoms with van der Waals surface area (Å²) in [4.78, 5) is 3.62. The lowest BCUT2D eigenvalue weighted by atomic mass is 9.93. The molecule has 1 aliphatic heterocycles. The van der Waals surface area contributed by atoms with Crippen LogP contribution in [-0.2, 0) is 6.42 Å². The lowest BCUT2D eigenvalue weighted by molar-refractivity contribution is 0.409. The molecule has 0 radical (unpaired) electrons. The molecule has 0 spiro atoms. The van der Waals surface area contributed by atoms with Crippen molar-refractivity contribution >= 4 is 39.2 Å². The first-order valence-corrected chi connectivity index (χ1v) is 7.48. The molecular formula is C15H20BrClN2. The Hall–Kier alpha value is -0.510. The van der Waals surface area contributed by atoms with Crippen LogP contribution in [0.5, 0.6) is 0 Å². The minimum Gasteiger partial charge on any atom is -0.357 e. The first kappa shape index (κ1) is 14.9. The number of fused-ring (bicyclic) bond motifs is 3. The van der Waals surface area contributed by atoms with Gasteiger partial charge in [-0.05, 0) is 49.1 Å². The molecule has 1 atom stereocenters. The van der Waals surface area contributed by atoms with Gasteiger partial charge in [0.1, 0.15) is 0 Å². The molecule has 1 aromatic carbocycles. The normalized spacial score (nSPS) is 18.4. The SMILES string of the molecule is CC(C)CC1NCCc2c1[nH]c1ccc(Br)cc21.Cl. The fraction of sp³-hybridized carbons (Fsp3) is 0.467. The van der Waals surface area contributed by atoms with Gasteiger partial charge in [-0.1, -0.05) is 29.8 Å². The van der Waals surface area contributed by atoms with E-state index in [4.69, 9.17) is 0 Å². The van der Waals surface area contributed by atoms with Gasteiger partial charge in [-0.3, -0.25) is 0 Å². The van der Waals surface area contributed by atoms with Crippen LogP contribution < -0.4 is 5.32 Å². The number of aromatic nitrogens is 1. The zero-order chi connectivity index (χ0) is 12.7.